The van der Waals surface area contributed by atoms with Crippen molar-refractivity contribution in [3.63, 3.8) is 0 Å². The summed E-state index contributed by atoms with van der Waals surface area (Å²) in [5.41, 5.74) is 0. The summed E-state index contributed by atoms with van der Waals surface area (Å²) < 4.78 is 0. The van der Waals surface area contributed by atoms with E-state index < -0.39 is 0 Å². The van der Waals surface area contributed by atoms with Crippen LogP contribution in [0.25, 0.3) is 0 Å². The Hall–Kier alpha value is -0.610. The van der Waals surface area contributed by atoms with Gasteiger partial charge in [0.2, 0.25) is 5.91 Å². The molecule has 0 aromatic rings. The highest BCUT2D eigenvalue weighted by molar-refractivity contribution is 5.78. The number of rotatable bonds is 2. The molecule has 2 N–H and O–H groups in total. The molecule has 1 amide bonds. The van der Waals surface area contributed by atoms with Gasteiger partial charge in [0.15, 0.2) is 0 Å². The molecule has 0 radical (unpaired) electrons. The number of nitrogens with zero attached hydrogens (tertiary/aromatic N) is 1. The fourth-order valence-electron chi connectivity index (χ4n) is 2.37. The highest BCUT2D eigenvalue weighted by Crippen LogP contribution is 2.16. The first-order valence-electron chi connectivity index (χ1n) is 5.89. The second kappa shape index (κ2) is 4.49. The minimum atomic E-state index is 0.322. The van der Waals surface area contributed by atoms with Gasteiger partial charge in [-0.3, -0.25) is 4.79 Å². The Morgan fingerprint density at radius 2 is 2.13 bits per heavy atom. The lowest BCUT2D eigenvalue weighted by molar-refractivity contribution is -0.128. The average molecular weight is 211 g/mol. The van der Waals surface area contributed by atoms with Crippen molar-refractivity contribution in [3.05, 3.63) is 0 Å². The van der Waals surface area contributed by atoms with Crippen molar-refractivity contribution in [1.82, 2.24) is 15.5 Å². The third kappa shape index (κ3) is 2.69. The van der Waals surface area contributed by atoms with Crippen LogP contribution < -0.4 is 10.6 Å². The summed E-state index contributed by atoms with van der Waals surface area (Å²) in [4.78, 5) is 13.6. The van der Waals surface area contributed by atoms with E-state index in [0.717, 1.165) is 32.6 Å². The molecule has 0 aliphatic carbocycles. The Morgan fingerprint density at radius 1 is 1.33 bits per heavy atom. The van der Waals surface area contributed by atoms with Crippen LogP contribution in [0.15, 0.2) is 0 Å². The summed E-state index contributed by atoms with van der Waals surface area (Å²) in [5, 5.41) is 6.91. The molecule has 2 fully saturated rings. The number of likely N-dealkylation sites (tertiary alicyclic amines) is 1. The number of hydrogen-bond acceptors (Lipinski definition) is 3. The predicted octanol–water partition coefficient (Wildman–Crippen LogP) is -0.195. The second-order valence-electron chi connectivity index (χ2n) is 5.02. The van der Waals surface area contributed by atoms with E-state index in [1.807, 2.05) is 4.90 Å². The van der Waals surface area contributed by atoms with Gasteiger partial charge in [-0.2, -0.15) is 0 Å². The Bertz CT molecular complexity index is 236. The Labute approximate surface area is 91.4 Å². The topological polar surface area (TPSA) is 44.4 Å². The molecule has 0 aromatic heterocycles. The van der Waals surface area contributed by atoms with Gasteiger partial charge in [0.25, 0.3) is 0 Å². The summed E-state index contributed by atoms with van der Waals surface area (Å²) in [6.45, 7) is 8.09. The molecule has 2 rings (SSSR count). The fourth-order valence-corrected chi connectivity index (χ4v) is 2.37. The molecule has 2 heterocycles. The van der Waals surface area contributed by atoms with Crippen molar-refractivity contribution in [3.8, 4) is 0 Å². The maximum Gasteiger partial charge on any atom is 0.222 e. The molecule has 1 unspecified atom stereocenters. The van der Waals surface area contributed by atoms with Gasteiger partial charge in [-0.1, -0.05) is 6.92 Å². The van der Waals surface area contributed by atoms with Crippen LogP contribution in [0.2, 0.25) is 0 Å². The van der Waals surface area contributed by atoms with E-state index in [4.69, 9.17) is 0 Å². The van der Waals surface area contributed by atoms with Crippen LogP contribution >= 0.6 is 0 Å². The van der Waals surface area contributed by atoms with Crippen molar-refractivity contribution in [1.29, 1.82) is 0 Å². The van der Waals surface area contributed by atoms with E-state index in [-0.39, 0.29) is 0 Å². The molecule has 15 heavy (non-hydrogen) atoms. The second-order valence-corrected chi connectivity index (χ2v) is 5.02. The molecule has 3 atom stereocenters. The van der Waals surface area contributed by atoms with Crippen LogP contribution in [0, 0.1) is 5.92 Å². The molecule has 2 aliphatic rings. The van der Waals surface area contributed by atoms with E-state index in [0.29, 0.717) is 23.9 Å². The predicted molar refractivity (Wildman–Crippen MR) is 59.6 cm³/mol. The largest absolute Gasteiger partial charge is 0.341 e. The monoisotopic (exact) mass is 211 g/mol. The normalized spacial score (nSPS) is 37.3. The third-order valence-corrected chi connectivity index (χ3v) is 3.27. The van der Waals surface area contributed by atoms with Crippen molar-refractivity contribution in [2.75, 3.05) is 26.2 Å². The molecule has 2 saturated heterocycles. The van der Waals surface area contributed by atoms with Crippen LogP contribution in [-0.2, 0) is 4.79 Å². The number of nitrogens with one attached hydrogen (secondary N) is 2. The number of piperazine rings is 1. The molecular formula is C11H21N3O. The Kier molecular flexibility index (Phi) is 3.26. The van der Waals surface area contributed by atoms with Crippen molar-refractivity contribution in [2.45, 2.75) is 32.4 Å². The Morgan fingerprint density at radius 3 is 2.67 bits per heavy atom. The van der Waals surface area contributed by atoms with E-state index in [1.54, 1.807) is 0 Å². The first kappa shape index (κ1) is 10.9. The summed E-state index contributed by atoms with van der Waals surface area (Å²) in [5.74, 6) is 0.857. The number of carbonyl (C=O) groups is 1. The van der Waals surface area contributed by atoms with Crippen LogP contribution in [0.1, 0.15) is 20.3 Å². The third-order valence-electron chi connectivity index (χ3n) is 3.27. The van der Waals surface area contributed by atoms with Crippen LogP contribution in [0.5, 0.6) is 0 Å². The summed E-state index contributed by atoms with van der Waals surface area (Å²) in [6.07, 6.45) is 0.733. The van der Waals surface area contributed by atoms with Crippen molar-refractivity contribution < 1.29 is 4.79 Å². The average Bonchev–Trinajstić information content (AvgIpc) is 2.49. The lowest BCUT2D eigenvalue weighted by Crippen LogP contribution is -2.57. The summed E-state index contributed by atoms with van der Waals surface area (Å²) >= 11 is 0. The molecule has 4 heteroatoms. The SMILES string of the molecule is CC1CC(=O)N(C[C@@H]2CN[C@H](C)CN2)C1. The molecular weight excluding hydrogens is 190 g/mol. The molecule has 4 nitrogen and oxygen atoms in total. The zero-order valence-electron chi connectivity index (χ0n) is 9.62. The van der Waals surface area contributed by atoms with Crippen LogP contribution in [0.3, 0.4) is 0 Å². The Balaban J connectivity index is 1.79. The van der Waals surface area contributed by atoms with Gasteiger partial charge in [-0.25, -0.2) is 0 Å². The van der Waals surface area contributed by atoms with Gasteiger partial charge >= 0.3 is 0 Å². The number of hydrogen-bond donors (Lipinski definition) is 2. The minimum Gasteiger partial charge on any atom is -0.341 e. The standard InChI is InChI=1S/C11H21N3O/c1-8-3-11(15)14(6-8)7-10-5-12-9(2)4-13-10/h8-10,12-13H,3-7H2,1-2H3/t8?,9-,10+/m1/s1. The number of carbonyl (C=O) groups excluding carboxylic acids is 1. The van der Waals surface area contributed by atoms with Gasteiger partial charge in [0, 0.05) is 44.7 Å². The molecule has 86 valence electrons. The smallest absolute Gasteiger partial charge is 0.222 e. The molecule has 0 spiro atoms. The summed E-state index contributed by atoms with van der Waals surface area (Å²) in [7, 11) is 0. The highest BCUT2D eigenvalue weighted by Gasteiger charge is 2.29. The van der Waals surface area contributed by atoms with Gasteiger partial charge < -0.3 is 15.5 Å². The van der Waals surface area contributed by atoms with E-state index in [2.05, 4.69) is 24.5 Å². The van der Waals surface area contributed by atoms with E-state index in [9.17, 15) is 4.79 Å². The molecule has 2 aliphatic heterocycles. The van der Waals surface area contributed by atoms with Gasteiger partial charge in [-0.05, 0) is 12.8 Å². The van der Waals surface area contributed by atoms with Crippen molar-refractivity contribution >= 4 is 5.91 Å². The number of amides is 1. The summed E-state index contributed by atoms with van der Waals surface area (Å²) in [6, 6.07) is 0.977. The maximum atomic E-state index is 11.6. The van der Waals surface area contributed by atoms with Crippen molar-refractivity contribution in [2.24, 2.45) is 5.92 Å². The maximum absolute atomic E-state index is 11.6. The van der Waals surface area contributed by atoms with Gasteiger partial charge in [0.05, 0.1) is 0 Å². The van der Waals surface area contributed by atoms with E-state index >= 15 is 0 Å². The lowest BCUT2D eigenvalue weighted by atomic mass is 10.1. The zero-order chi connectivity index (χ0) is 10.8. The van der Waals surface area contributed by atoms with Crippen LogP contribution in [0.4, 0.5) is 0 Å². The van der Waals surface area contributed by atoms with Crippen LogP contribution in [-0.4, -0.2) is 49.1 Å². The van der Waals surface area contributed by atoms with Gasteiger partial charge in [0.1, 0.15) is 0 Å². The van der Waals surface area contributed by atoms with E-state index in [1.165, 1.54) is 0 Å². The first-order chi connectivity index (χ1) is 7.15. The minimum absolute atomic E-state index is 0.322. The highest BCUT2D eigenvalue weighted by atomic mass is 16.2. The molecule has 0 aromatic carbocycles. The lowest BCUT2D eigenvalue weighted by Gasteiger charge is -2.32. The first-order valence-corrected chi connectivity index (χ1v) is 5.89. The molecule has 0 saturated carbocycles. The van der Waals surface area contributed by atoms with Gasteiger partial charge in [-0.15, -0.1) is 0 Å². The zero-order valence-corrected chi connectivity index (χ0v) is 9.62. The molecule has 0 bridgehead atoms. The quantitative estimate of drug-likeness (QED) is 0.665. The fraction of sp³-hybridized carbons (Fsp3) is 0.909.